The highest BCUT2D eigenvalue weighted by atomic mass is 35.5. The van der Waals surface area contributed by atoms with Crippen LogP contribution in [0.15, 0.2) is 18.2 Å². The predicted molar refractivity (Wildman–Crippen MR) is 112 cm³/mol. The summed E-state index contributed by atoms with van der Waals surface area (Å²) in [6.45, 7) is 3.54. The van der Waals surface area contributed by atoms with Crippen molar-refractivity contribution in [3.63, 3.8) is 0 Å². The van der Waals surface area contributed by atoms with Crippen LogP contribution in [0.4, 0.5) is 10.7 Å². The second-order valence-corrected chi connectivity index (χ2v) is 8.61. The number of aryl methyl sites for hydroxylation is 1. The summed E-state index contributed by atoms with van der Waals surface area (Å²) in [4.78, 5) is 37.0. The van der Waals surface area contributed by atoms with Gasteiger partial charge in [-0.3, -0.25) is 14.9 Å². The van der Waals surface area contributed by atoms with Gasteiger partial charge in [0.05, 0.1) is 16.6 Å². The Morgan fingerprint density at radius 3 is 2.66 bits per heavy atom. The van der Waals surface area contributed by atoms with Crippen LogP contribution in [-0.4, -0.2) is 22.9 Å². The number of hydrogen-bond acceptors (Lipinski definition) is 6. The average molecular weight is 437 g/mol. The molecular formula is C20H21ClN2O5S. The van der Waals surface area contributed by atoms with Gasteiger partial charge in [-0.25, -0.2) is 4.79 Å². The van der Waals surface area contributed by atoms with Crippen molar-refractivity contribution in [1.82, 2.24) is 0 Å². The quantitative estimate of drug-likeness (QED) is 0.293. The number of anilines is 1. The maximum Gasteiger partial charge on any atom is 0.341 e. The largest absolute Gasteiger partial charge is 0.459 e. The Kier molecular flexibility index (Phi) is 6.54. The number of thiophene rings is 1. The van der Waals surface area contributed by atoms with E-state index in [9.17, 15) is 19.7 Å². The summed E-state index contributed by atoms with van der Waals surface area (Å²) >= 11 is 7.20. The Hall–Kier alpha value is -2.45. The number of esters is 1. The van der Waals surface area contributed by atoms with Gasteiger partial charge in [0.1, 0.15) is 10.0 Å². The molecule has 2 aromatic rings. The molecule has 29 heavy (non-hydrogen) atoms. The van der Waals surface area contributed by atoms with Gasteiger partial charge in [-0.2, -0.15) is 0 Å². The number of carbonyl (C=O) groups is 2. The third-order valence-corrected chi connectivity index (χ3v) is 6.13. The molecule has 154 valence electrons. The molecule has 1 aliphatic carbocycles. The third kappa shape index (κ3) is 4.76. The SMILES string of the molecule is CC(C)OC(=O)c1c(NC(=O)c2ccc(Cl)c([N+](=O)[O-])c2)sc2c1CCCCC2. The minimum atomic E-state index is -0.641. The van der Waals surface area contributed by atoms with E-state index in [0.717, 1.165) is 48.6 Å². The van der Waals surface area contributed by atoms with Crippen molar-refractivity contribution in [2.45, 2.75) is 52.1 Å². The fraction of sp³-hybridized carbons (Fsp3) is 0.400. The Labute approximate surface area is 177 Å². The van der Waals surface area contributed by atoms with Crippen LogP contribution in [0.5, 0.6) is 0 Å². The van der Waals surface area contributed by atoms with Gasteiger partial charge < -0.3 is 10.1 Å². The summed E-state index contributed by atoms with van der Waals surface area (Å²) in [6, 6.07) is 3.85. The minimum Gasteiger partial charge on any atom is -0.459 e. The van der Waals surface area contributed by atoms with Crippen LogP contribution in [0, 0.1) is 10.1 Å². The lowest BCUT2D eigenvalue weighted by atomic mass is 10.1. The van der Waals surface area contributed by atoms with Crippen LogP contribution >= 0.6 is 22.9 Å². The molecule has 1 aliphatic rings. The van der Waals surface area contributed by atoms with E-state index in [0.29, 0.717) is 10.6 Å². The first-order valence-electron chi connectivity index (χ1n) is 9.38. The van der Waals surface area contributed by atoms with E-state index in [4.69, 9.17) is 16.3 Å². The number of amides is 1. The number of halogens is 1. The summed E-state index contributed by atoms with van der Waals surface area (Å²) in [6.07, 6.45) is 4.42. The molecule has 0 bridgehead atoms. The lowest BCUT2D eigenvalue weighted by Gasteiger charge is -2.11. The molecule has 0 atom stereocenters. The number of nitrogens with zero attached hydrogens (tertiary/aromatic N) is 1. The molecule has 0 aliphatic heterocycles. The van der Waals surface area contributed by atoms with Gasteiger partial charge in [0.15, 0.2) is 0 Å². The zero-order chi connectivity index (χ0) is 21.1. The van der Waals surface area contributed by atoms with Crippen LogP contribution in [0.2, 0.25) is 5.02 Å². The maximum atomic E-state index is 12.8. The Morgan fingerprint density at radius 2 is 1.97 bits per heavy atom. The molecular weight excluding hydrogens is 416 g/mol. The van der Waals surface area contributed by atoms with E-state index < -0.39 is 16.8 Å². The molecule has 0 unspecified atom stereocenters. The lowest BCUT2D eigenvalue weighted by Crippen LogP contribution is -2.17. The molecule has 1 N–H and O–H groups in total. The second-order valence-electron chi connectivity index (χ2n) is 7.10. The van der Waals surface area contributed by atoms with E-state index in [2.05, 4.69) is 5.32 Å². The predicted octanol–water partition coefficient (Wildman–Crippen LogP) is 5.40. The molecule has 1 heterocycles. The summed E-state index contributed by atoms with van der Waals surface area (Å²) in [5, 5.41) is 14.2. The number of nitro benzene ring substituents is 1. The van der Waals surface area contributed by atoms with Gasteiger partial charge in [-0.1, -0.05) is 18.0 Å². The first-order valence-corrected chi connectivity index (χ1v) is 10.6. The van der Waals surface area contributed by atoms with E-state index in [1.165, 1.54) is 23.5 Å². The van der Waals surface area contributed by atoms with Crippen molar-refractivity contribution in [3.8, 4) is 0 Å². The van der Waals surface area contributed by atoms with Crippen molar-refractivity contribution in [2.24, 2.45) is 0 Å². The normalized spacial score (nSPS) is 13.5. The number of nitrogens with one attached hydrogen (secondary N) is 1. The molecule has 3 rings (SSSR count). The van der Waals surface area contributed by atoms with Crippen molar-refractivity contribution >= 4 is 45.5 Å². The number of carbonyl (C=O) groups excluding carboxylic acids is 2. The van der Waals surface area contributed by atoms with Crippen LogP contribution in [0.1, 0.15) is 64.3 Å². The van der Waals surface area contributed by atoms with Crippen LogP contribution < -0.4 is 5.32 Å². The van der Waals surface area contributed by atoms with Gasteiger partial charge in [0, 0.05) is 16.5 Å². The van der Waals surface area contributed by atoms with Gasteiger partial charge >= 0.3 is 5.97 Å². The standard InChI is InChI=1S/C20H21ClN2O5S/c1-11(2)28-20(25)17-13-6-4-3-5-7-16(13)29-19(17)22-18(24)12-8-9-14(21)15(10-12)23(26)27/h8-11H,3-7H2,1-2H3,(H,22,24). The van der Waals surface area contributed by atoms with E-state index in [1.807, 2.05) is 0 Å². The van der Waals surface area contributed by atoms with Crippen LogP contribution in [0.3, 0.4) is 0 Å². The molecule has 0 fully saturated rings. The van der Waals surface area contributed by atoms with E-state index >= 15 is 0 Å². The number of nitro groups is 1. The molecule has 1 aromatic heterocycles. The monoisotopic (exact) mass is 436 g/mol. The highest BCUT2D eigenvalue weighted by molar-refractivity contribution is 7.17. The number of ether oxygens (including phenoxy) is 1. The fourth-order valence-electron chi connectivity index (χ4n) is 3.29. The molecule has 1 amide bonds. The zero-order valence-electron chi connectivity index (χ0n) is 16.1. The molecule has 1 aromatic carbocycles. The Morgan fingerprint density at radius 1 is 1.24 bits per heavy atom. The van der Waals surface area contributed by atoms with Gasteiger partial charge in [0.25, 0.3) is 11.6 Å². The number of benzene rings is 1. The van der Waals surface area contributed by atoms with Gasteiger partial charge in [-0.15, -0.1) is 11.3 Å². The minimum absolute atomic E-state index is 0.0458. The topological polar surface area (TPSA) is 98.5 Å². The molecule has 0 saturated heterocycles. The van der Waals surface area contributed by atoms with E-state index in [1.54, 1.807) is 13.8 Å². The highest BCUT2D eigenvalue weighted by Gasteiger charge is 2.28. The molecule has 0 radical (unpaired) electrons. The molecule has 7 nitrogen and oxygen atoms in total. The van der Waals surface area contributed by atoms with Gasteiger partial charge in [-0.05, 0) is 57.2 Å². The smallest absolute Gasteiger partial charge is 0.341 e. The Bertz CT molecular complexity index is 970. The fourth-order valence-corrected chi connectivity index (χ4v) is 4.75. The lowest BCUT2D eigenvalue weighted by molar-refractivity contribution is -0.384. The number of rotatable bonds is 5. The average Bonchev–Trinajstić information content (AvgIpc) is 2.82. The van der Waals surface area contributed by atoms with Crippen molar-refractivity contribution < 1.29 is 19.2 Å². The van der Waals surface area contributed by atoms with Crippen molar-refractivity contribution in [1.29, 1.82) is 0 Å². The molecule has 0 saturated carbocycles. The zero-order valence-corrected chi connectivity index (χ0v) is 17.7. The van der Waals surface area contributed by atoms with Crippen LogP contribution in [0.25, 0.3) is 0 Å². The van der Waals surface area contributed by atoms with Crippen LogP contribution in [-0.2, 0) is 17.6 Å². The number of fused-ring (bicyclic) bond motifs is 1. The summed E-state index contributed by atoms with van der Waals surface area (Å²) in [5.74, 6) is -1.00. The first kappa shape index (κ1) is 21.3. The molecule has 9 heteroatoms. The number of hydrogen-bond donors (Lipinski definition) is 1. The summed E-state index contributed by atoms with van der Waals surface area (Å²) in [5.41, 5.74) is 1.08. The van der Waals surface area contributed by atoms with Crippen molar-refractivity contribution in [2.75, 3.05) is 5.32 Å². The summed E-state index contributed by atoms with van der Waals surface area (Å²) in [7, 11) is 0. The summed E-state index contributed by atoms with van der Waals surface area (Å²) < 4.78 is 5.41. The van der Waals surface area contributed by atoms with E-state index in [-0.39, 0.29) is 22.4 Å². The maximum absolute atomic E-state index is 12.8. The Balaban J connectivity index is 1.96. The van der Waals surface area contributed by atoms with Crippen molar-refractivity contribution in [3.05, 3.63) is 54.9 Å². The molecule has 0 spiro atoms. The highest BCUT2D eigenvalue weighted by Crippen LogP contribution is 2.38. The van der Waals surface area contributed by atoms with Gasteiger partial charge in [0.2, 0.25) is 0 Å². The first-order chi connectivity index (χ1) is 13.8. The third-order valence-electron chi connectivity index (χ3n) is 4.60. The second kappa shape index (κ2) is 8.92.